The molecule has 1 unspecified atom stereocenters. The Morgan fingerprint density at radius 1 is 0.300 bits per heavy atom. The van der Waals surface area contributed by atoms with Crippen LogP contribution in [0.2, 0.25) is 0 Å². The van der Waals surface area contributed by atoms with Crippen molar-refractivity contribution < 1.29 is 28.6 Å². The van der Waals surface area contributed by atoms with Crippen molar-refractivity contribution in [3.05, 3.63) is 146 Å². The van der Waals surface area contributed by atoms with E-state index in [-0.39, 0.29) is 37.5 Å². The van der Waals surface area contributed by atoms with Crippen molar-refractivity contribution in [2.75, 3.05) is 13.2 Å². The fraction of sp³-hybridized carbons (Fsp3) is 0.578. The van der Waals surface area contributed by atoms with Crippen molar-refractivity contribution in [1.29, 1.82) is 0 Å². The van der Waals surface area contributed by atoms with Gasteiger partial charge in [-0.1, -0.05) is 224 Å². The summed E-state index contributed by atoms with van der Waals surface area (Å²) in [4.78, 5) is 37.9. The molecule has 1 atom stereocenters. The molecule has 0 aliphatic carbocycles. The van der Waals surface area contributed by atoms with E-state index >= 15 is 0 Å². The lowest BCUT2D eigenvalue weighted by molar-refractivity contribution is -0.167. The summed E-state index contributed by atoms with van der Waals surface area (Å²) in [6, 6.07) is 0. The summed E-state index contributed by atoms with van der Waals surface area (Å²) < 4.78 is 16.7. The average molecular weight is 965 g/mol. The van der Waals surface area contributed by atoms with Gasteiger partial charge < -0.3 is 14.2 Å². The van der Waals surface area contributed by atoms with Gasteiger partial charge >= 0.3 is 17.9 Å². The maximum atomic E-state index is 12.8. The highest BCUT2D eigenvalue weighted by Crippen LogP contribution is 2.12. The molecule has 0 aliphatic heterocycles. The summed E-state index contributed by atoms with van der Waals surface area (Å²) in [5.41, 5.74) is 0. The number of rotatable bonds is 48. The van der Waals surface area contributed by atoms with Gasteiger partial charge in [-0.05, 0) is 122 Å². The third-order valence-electron chi connectivity index (χ3n) is 11.1. The second-order valence-electron chi connectivity index (χ2n) is 17.7. The van der Waals surface area contributed by atoms with Crippen LogP contribution in [0, 0.1) is 0 Å². The second-order valence-corrected chi connectivity index (χ2v) is 17.7. The van der Waals surface area contributed by atoms with Crippen LogP contribution in [-0.2, 0) is 28.6 Å². The number of carbonyl (C=O) groups is 3. The standard InChI is InChI=1S/C64H100O6/c1-4-7-10-13-16-19-21-23-24-25-26-27-28-29-30-31-32-33-34-35-36-37-38-39-40-42-43-45-48-51-54-57-63(66)69-60-61(59-68-62(65)56-53-50-47-18-15-12-9-6-3)70-64(67)58-55-52-49-46-44-41-22-20-17-14-11-8-5-2/h7-8,10-11,16-17,19-20,23-24,26-27,29-30,32-33,35-36,38-39,41-44,61H,4-6,9,12-15,18,21-22,25,28,31,34,37,40,45-60H2,1-3H3/b10-7-,11-8-,19-16-,20-17-,24-23-,27-26-,30-29-,33-32-,36-35-,39-38-,43-42-,44-41-. The van der Waals surface area contributed by atoms with Gasteiger partial charge in [-0.15, -0.1) is 0 Å². The van der Waals surface area contributed by atoms with Crippen LogP contribution in [0.15, 0.2) is 146 Å². The van der Waals surface area contributed by atoms with Crippen LogP contribution < -0.4 is 0 Å². The maximum Gasteiger partial charge on any atom is 0.306 e. The van der Waals surface area contributed by atoms with Crippen LogP contribution in [0.4, 0.5) is 0 Å². The summed E-state index contributed by atoms with van der Waals surface area (Å²) in [6.07, 6.45) is 81.5. The Morgan fingerprint density at radius 2 is 0.557 bits per heavy atom. The van der Waals surface area contributed by atoms with E-state index in [1.165, 1.54) is 32.1 Å². The van der Waals surface area contributed by atoms with Crippen molar-refractivity contribution in [1.82, 2.24) is 0 Å². The van der Waals surface area contributed by atoms with Crippen LogP contribution >= 0.6 is 0 Å². The smallest absolute Gasteiger partial charge is 0.306 e. The molecule has 0 aromatic heterocycles. The first-order valence-corrected chi connectivity index (χ1v) is 27.8. The lowest BCUT2D eigenvalue weighted by atomic mass is 10.1. The van der Waals surface area contributed by atoms with Gasteiger partial charge in [0.25, 0.3) is 0 Å². The Kier molecular flexibility index (Phi) is 53.0. The lowest BCUT2D eigenvalue weighted by Crippen LogP contribution is -2.30. The second kappa shape index (κ2) is 56.9. The molecule has 0 fully saturated rings. The molecule has 0 saturated carbocycles. The summed E-state index contributed by atoms with van der Waals surface area (Å²) in [6.45, 7) is 6.30. The molecule has 0 aromatic carbocycles. The van der Waals surface area contributed by atoms with Gasteiger partial charge in [-0.3, -0.25) is 14.4 Å². The molecule has 6 heteroatoms. The first-order valence-electron chi connectivity index (χ1n) is 27.8. The number of carbonyl (C=O) groups excluding carboxylic acids is 3. The Hall–Kier alpha value is -4.71. The SMILES string of the molecule is CC/C=C\C/C=C\C/C=C\C/C=C\C/C=C\C/C=C\C/C=C\C/C=C\C/C=C\CCCCCC(=O)OCC(COC(=O)CCCCCCCCCC)OC(=O)CCCCC/C=C\C/C=C\C/C=C\CC. The van der Waals surface area contributed by atoms with E-state index in [2.05, 4.69) is 167 Å². The number of ether oxygens (including phenoxy) is 3. The molecule has 0 heterocycles. The van der Waals surface area contributed by atoms with Crippen LogP contribution in [0.3, 0.4) is 0 Å². The predicted octanol–water partition coefficient (Wildman–Crippen LogP) is 18.8. The van der Waals surface area contributed by atoms with E-state index in [4.69, 9.17) is 14.2 Å². The third-order valence-corrected chi connectivity index (χ3v) is 11.1. The summed E-state index contributed by atoms with van der Waals surface area (Å²) in [7, 11) is 0. The fourth-order valence-corrected chi connectivity index (χ4v) is 6.98. The van der Waals surface area contributed by atoms with E-state index in [0.29, 0.717) is 12.8 Å². The normalized spacial score (nSPS) is 13.2. The molecule has 0 spiro atoms. The highest BCUT2D eigenvalue weighted by molar-refractivity contribution is 5.71. The fourth-order valence-electron chi connectivity index (χ4n) is 6.98. The average Bonchev–Trinajstić information content (AvgIpc) is 3.36. The number of esters is 3. The Bertz CT molecular complexity index is 1580. The molecule has 0 aliphatic rings. The van der Waals surface area contributed by atoms with E-state index in [0.717, 1.165) is 148 Å². The Morgan fingerprint density at radius 3 is 0.871 bits per heavy atom. The highest BCUT2D eigenvalue weighted by Gasteiger charge is 2.19. The summed E-state index contributed by atoms with van der Waals surface area (Å²) in [5, 5.41) is 0. The molecule has 392 valence electrons. The molecule has 0 aromatic rings. The van der Waals surface area contributed by atoms with E-state index < -0.39 is 6.10 Å². The van der Waals surface area contributed by atoms with Crippen molar-refractivity contribution in [3.63, 3.8) is 0 Å². The minimum absolute atomic E-state index is 0.105. The zero-order valence-electron chi connectivity index (χ0n) is 44.7. The first-order chi connectivity index (χ1) is 34.5. The molecular weight excluding hydrogens is 865 g/mol. The van der Waals surface area contributed by atoms with E-state index in [1.807, 2.05) is 0 Å². The van der Waals surface area contributed by atoms with Crippen LogP contribution in [-0.4, -0.2) is 37.2 Å². The van der Waals surface area contributed by atoms with Gasteiger partial charge in [0.05, 0.1) is 0 Å². The van der Waals surface area contributed by atoms with Gasteiger partial charge in [0, 0.05) is 19.3 Å². The molecule has 0 saturated heterocycles. The van der Waals surface area contributed by atoms with Gasteiger partial charge in [-0.25, -0.2) is 0 Å². The predicted molar refractivity (Wildman–Crippen MR) is 302 cm³/mol. The topological polar surface area (TPSA) is 78.9 Å². The number of hydrogen-bond acceptors (Lipinski definition) is 6. The van der Waals surface area contributed by atoms with Crippen LogP contribution in [0.25, 0.3) is 0 Å². The number of allylic oxidation sites excluding steroid dienone is 24. The van der Waals surface area contributed by atoms with Crippen molar-refractivity contribution in [3.8, 4) is 0 Å². The molecular formula is C64H100O6. The third kappa shape index (κ3) is 54.2. The zero-order chi connectivity index (χ0) is 50.7. The first kappa shape index (κ1) is 65.3. The maximum absolute atomic E-state index is 12.8. The zero-order valence-corrected chi connectivity index (χ0v) is 44.7. The molecule has 0 bridgehead atoms. The minimum Gasteiger partial charge on any atom is -0.462 e. The molecule has 0 radical (unpaired) electrons. The summed E-state index contributed by atoms with van der Waals surface area (Å²) in [5.74, 6) is -0.984. The Labute approximate surface area is 429 Å². The molecule has 6 nitrogen and oxygen atoms in total. The quantitative estimate of drug-likeness (QED) is 0.0262. The highest BCUT2D eigenvalue weighted by atomic mass is 16.6. The largest absolute Gasteiger partial charge is 0.462 e. The minimum atomic E-state index is -0.809. The van der Waals surface area contributed by atoms with Crippen molar-refractivity contribution >= 4 is 17.9 Å². The van der Waals surface area contributed by atoms with Gasteiger partial charge in [-0.2, -0.15) is 0 Å². The molecule has 70 heavy (non-hydrogen) atoms. The summed E-state index contributed by atoms with van der Waals surface area (Å²) >= 11 is 0. The van der Waals surface area contributed by atoms with E-state index in [1.54, 1.807) is 0 Å². The van der Waals surface area contributed by atoms with Crippen LogP contribution in [0.1, 0.15) is 220 Å². The van der Waals surface area contributed by atoms with Crippen molar-refractivity contribution in [2.45, 2.75) is 226 Å². The van der Waals surface area contributed by atoms with Crippen molar-refractivity contribution in [2.24, 2.45) is 0 Å². The monoisotopic (exact) mass is 965 g/mol. The van der Waals surface area contributed by atoms with Gasteiger partial charge in [0.1, 0.15) is 13.2 Å². The Balaban J connectivity index is 4.30. The molecule has 0 amide bonds. The number of unbranched alkanes of at least 4 members (excludes halogenated alkanes) is 13. The van der Waals surface area contributed by atoms with Gasteiger partial charge in [0.2, 0.25) is 0 Å². The van der Waals surface area contributed by atoms with Crippen LogP contribution in [0.5, 0.6) is 0 Å². The van der Waals surface area contributed by atoms with Gasteiger partial charge in [0.15, 0.2) is 6.10 Å². The molecule has 0 rings (SSSR count). The number of hydrogen-bond donors (Lipinski definition) is 0. The lowest BCUT2D eigenvalue weighted by Gasteiger charge is -2.18. The van der Waals surface area contributed by atoms with E-state index in [9.17, 15) is 14.4 Å². The molecule has 0 N–H and O–H groups in total.